The van der Waals surface area contributed by atoms with E-state index in [1.54, 1.807) is 42.5 Å². The molecule has 0 fully saturated rings. The Morgan fingerprint density at radius 2 is 1.76 bits per heavy atom. The summed E-state index contributed by atoms with van der Waals surface area (Å²) >= 11 is 11.7. The van der Waals surface area contributed by atoms with Crippen LogP contribution in [0.4, 0.5) is 0 Å². The van der Waals surface area contributed by atoms with E-state index in [2.05, 4.69) is 5.32 Å². The number of ether oxygens (including phenoxy) is 1. The van der Waals surface area contributed by atoms with Crippen molar-refractivity contribution in [2.75, 3.05) is 6.61 Å². The second kappa shape index (κ2) is 7.11. The van der Waals surface area contributed by atoms with Gasteiger partial charge in [0.1, 0.15) is 5.75 Å². The van der Waals surface area contributed by atoms with E-state index in [1.165, 1.54) is 6.07 Å². The number of carbonyl (C=O) groups excluding carboxylic acids is 2. The molecule has 0 heterocycles. The highest BCUT2D eigenvalue weighted by molar-refractivity contribution is 6.34. The van der Waals surface area contributed by atoms with E-state index >= 15 is 0 Å². The minimum Gasteiger partial charge on any atom is -0.482 e. The predicted molar refractivity (Wildman–Crippen MR) is 80.9 cm³/mol. The van der Waals surface area contributed by atoms with Crippen LogP contribution in [0.25, 0.3) is 0 Å². The van der Waals surface area contributed by atoms with E-state index in [0.29, 0.717) is 15.6 Å². The predicted octanol–water partition coefficient (Wildman–Crippen LogP) is 3.33. The second-order valence-electron chi connectivity index (χ2n) is 4.11. The average Bonchev–Trinajstić information content (AvgIpc) is 2.49. The minimum atomic E-state index is -0.570. The maximum absolute atomic E-state index is 11.8. The summed E-state index contributed by atoms with van der Waals surface area (Å²) in [5.41, 5.74) is 0.395. The van der Waals surface area contributed by atoms with E-state index in [-0.39, 0.29) is 12.4 Å². The van der Waals surface area contributed by atoms with Crippen molar-refractivity contribution in [3.05, 3.63) is 64.1 Å². The number of imide groups is 1. The SMILES string of the molecule is O=C(COc1cc(Cl)ccc1Cl)NC(=O)c1ccccc1. The van der Waals surface area contributed by atoms with Gasteiger partial charge in [0.15, 0.2) is 6.61 Å². The van der Waals surface area contributed by atoms with Crippen LogP contribution < -0.4 is 10.1 Å². The topological polar surface area (TPSA) is 55.4 Å². The van der Waals surface area contributed by atoms with Crippen LogP contribution in [0.5, 0.6) is 5.75 Å². The van der Waals surface area contributed by atoms with E-state index < -0.39 is 11.8 Å². The maximum atomic E-state index is 11.8. The van der Waals surface area contributed by atoms with Crippen LogP contribution in [0.15, 0.2) is 48.5 Å². The highest BCUT2D eigenvalue weighted by Gasteiger charge is 2.11. The highest BCUT2D eigenvalue weighted by Crippen LogP contribution is 2.27. The van der Waals surface area contributed by atoms with Crippen molar-refractivity contribution in [3.63, 3.8) is 0 Å². The first-order chi connectivity index (χ1) is 10.1. The van der Waals surface area contributed by atoms with E-state index in [0.717, 1.165) is 0 Å². The van der Waals surface area contributed by atoms with E-state index in [4.69, 9.17) is 27.9 Å². The number of hydrogen-bond acceptors (Lipinski definition) is 3. The molecule has 2 aromatic rings. The van der Waals surface area contributed by atoms with Gasteiger partial charge in [-0.1, -0.05) is 41.4 Å². The third-order valence-electron chi connectivity index (χ3n) is 2.54. The summed E-state index contributed by atoms with van der Waals surface area (Å²) in [5.74, 6) is -0.771. The van der Waals surface area contributed by atoms with Crippen LogP contribution in [0.3, 0.4) is 0 Å². The standard InChI is InChI=1S/C15H11Cl2NO3/c16-11-6-7-12(17)13(8-11)21-9-14(19)18-15(20)10-4-2-1-3-5-10/h1-8H,9H2,(H,18,19,20). The summed E-state index contributed by atoms with van der Waals surface area (Å²) in [4.78, 5) is 23.4. The second-order valence-corrected chi connectivity index (χ2v) is 4.95. The fourth-order valence-corrected chi connectivity index (χ4v) is 1.89. The molecule has 6 heteroatoms. The fraction of sp³-hybridized carbons (Fsp3) is 0.0667. The van der Waals surface area contributed by atoms with Gasteiger partial charge in [0, 0.05) is 16.7 Å². The van der Waals surface area contributed by atoms with Gasteiger partial charge >= 0.3 is 0 Å². The molecule has 21 heavy (non-hydrogen) atoms. The van der Waals surface area contributed by atoms with Gasteiger partial charge in [0.25, 0.3) is 11.8 Å². The molecule has 0 aliphatic carbocycles. The van der Waals surface area contributed by atoms with Gasteiger partial charge in [-0.15, -0.1) is 0 Å². The monoisotopic (exact) mass is 323 g/mol. The highest BCUT2D eigenvalue weighted by atomic mass is 35.5. The molecule has 108 valence electrons. The van der Waals surface area contributed by atoms with Crippen molar-refractivity contribution in [1.29, 1.82) is 0 Å². The number of rotatable bonds is 4. The summed E-state index contributed by atoms with van der Waals surface area (Å²) in [5, 5.41) is 3.00. The van der Waals surface area contributed by atoms with Crippen LogP contribution in [-0.2, 0) is 4.79 Å². The van der Waals surface area contributed by atoms with Gasteiger partial charge in [-0.05, 0) is 24.3 Å². The lowest BCUT2D eigenvalue weighted by molar-refractivity contribution is -0.122. The van der Waals surface area contributed by atoms with Gasteiger partial charge in [-0.25, -0.2) is 0 Å². The normalized spacial score (nSPS) is 10.0. The number of hydrogen-bond donors (Lipinski definition) is 1. The van der Waals surface area contributed by atoms with E-state index in [1.807, 2.05) is 0 Å². The Balaban J connectivity index is 1.91. The summed E-state index contributed by atoms with van der Waals surface area (Å²) in [6, 6.07) is 13.1. The Hall–Kier alpha value is -2.04. The fourth-order valence-electron chi connectivity index (χ4n) is 1.56. The first-order valence-electron chi connectivity index (χ1n) is 6.03. The Morgan fingerprint density at radius 3 is 2.48 bits per heavy atom. The summed E-state index contributed by atoms with van der Waals surface area (Å²) in [6.45, 7) is -0.335. The van der Waals surface area contributed by atoms with Crippen LogP contribution in [0.2, 0.25) is 10.0 Å². The zero-order valence-corrected chi connectivity index (χ0v) is 12.3. The Kier molecular flexibility index (Phi) is 5.20. The van der Waals surface area contributed by atoms with Crippen LogP contribution in [0.1, 0.15) is 10.4 Å². The molecule has 2 amide bonds. The number of carbonyl (C=O) groups is 2. The van der Waals surface area contributed by atoms with Crippen molar-refractivity contribution in [2.24, 2.45) is 0 Å². The van der Waals surface area contributed by atoms with Gasteiger partial charge in [0.05, 0.1) is 5.02 Å². The van der Waals surface area contributed by atoms with Crippen LogP contribution in [0, 0.1) is 0 Å². The molecule has 0 atom stereocenters. The van der Waals surface area contributed by atoms with Crippen LogP contribution >= 0.6 is 23.2 Å². The smallest absolute Gasteiger partial charge is 0.264 e. The molecule has 0 unspecified atom stereocenters. The average molecular weight is 324 g/mol. The lowest BCUT2D eigenvalue weighted by Crippen LogP contribution is -2.34. The first-order valence-corrected chi connectivity index (χ1v) is 6.79. The lowest BCUT2D eigenvalue weighted by Gasteiger charge is -2.08. The largest absolute Gasteiger partial charge is 0.482 e. The Bertz CT molecular complexity index is 659. The first kappa shape index (κ1) is 15.4. The summed E-state index contributed by atoms with van der Waals surface area (Å²) in [6.07, 6.45) is 0. The van der Waals surface area contributed by atoms with Gasteiger partial charge < -0.3 is 4.74 Å². The third-order valence-corrected chi connectivity index (χ3v) is 3.09. The number of halogens is 2. The van der Waals surface area contributed by atoms with E-state index in [9.17, 15) is 9.59 Å². The minimum absolute atomic E-state index is 0.284. The molecule has 0 saturated carbocycles. The van der Waals surface area contributed by atoms with Crippen molar-refractivity contribution >= 4 is 35.0 Å². The molecular formula is C15H11Cl2NO3. The molecule has 0 aliphatic rings. The molecule has 2 aromatic carbocycles. The molecule has 2 rings (SSSR count). The Morgan fingerprint density at radius 1 is 1.05 bits per heavy atom. The van der Waals surface area contributed by atoms with Crippen molar-refractivity contribution in [1.82, 2.24) is 5.32 Å². The van der Waals surface area contributed by atoms with Crippen molar-refractivity contribution < 1.29 is 14.3 Å². The van der Waals surface area contributed by atoms with Crippen LogP contribution in [-0.4, -0.2) is 18.4 Å². The molecule has 0 saturated heterocycles. The number of nitrogens with one attached hydrogen (secondary N) is 1. The van der Waals surface area contributed by atoms with Crippen molar-refractivity contribution in [3.8, 4) is 5.75 Å². The molecule has 1 N–H and O–H groups in total. The quantitative estimate of drug-likeness (QED) is 0.938. The lowest BCUT2D eigenvalue weighted by atomic mass is 10.2. The Labute approximate surface area is 131 Å². The number of amides is 2. The molecular weight excluding hydrogens is 313 g/mol. The van der Waals surface area contributed by atoms with Crippen molar-refractivity contribution in [2.45, 2.75) is 0 Å². The third kappa shape index (κ3) is 4.48. The number of benzene rings is 2. The molecule has 0 aromatic heterocycles. The van der Waals surface area contributed by atoms with Gasteiger partial charge in [-0.2, -0.15) is 0 Å². The zero-order chi connectivity index (χ0) is 15.2. The zero-order valence-electron chi connectivity index (χ0n) is 10.8. The molecule has 0 spiro atoms. The molecule has 0 bridgehead atoms. The summed E-state index contributed by atoms with van der Waals surface area (Å²) < 4.78 is 5.24. The van der Waals surface area contributed by atoms with Gasteiger partial charge in [-0.3, -0.25) is 14.9 Å². The van der Waals surface area contributed by atoms with Gasteiger partial charge in [0.2, 0.25) is 0 Å². The maximum Gasteiger partial charge on any atom is 0.264 e. The molecule has 0 aliphatic heterocycles. The molecule has 0 radical (unpaired) electrons. The summed E-state index contributed by atoms with van der Waals surface area (Å²) in [7, 11) is 0. The molecule has 4 nitrogen and oxygen atoms in total.